The Morgan fingerprint density at radius 3 is 2.41 bits per heavy atom. The van der Waals surface area contributed by atoms with Gasteiger partial charge in [0, 0.05) is 11.6 Å². The second-order valence-electron chi connectivity index (χ2n) is 6.36. The SMILES string of the molecule is N#Cc1ccc(BC(Oc2cccc3cccnc23)c2ccccc2)cc1. The number of hydrogen-bond donors (Lipinski definition) is 0. The van der Waals surface area contributed by atoms with E-state index in [0.717, 1.165) is 27.7 Å². The van der Waals surface area contributed by atoms with E-state index in [1.807, 2.05) is 72.8 Å². The Kier molecular flexibility index (Phi) is 4.85. The first kappa shape index (κ1) is 16.9. The summed E-state index contributed by atoms with van der Waals surface area (Å²) < 4.78 is 6.45. The van der Waals surface area contributed by atoms with Gasteiger partial charge in [0.1, 0.15) is 11.3 Å². The zero-order valence-electron chi connectivity index (χ0n) is 14.7. The summed E-state index contributed by atoms with van der Waals surface area (Å²) in [6.45, 7) is 0. The molecule has 4 heteroatoms. The van der Waals surface area contributed by atoms with Gasteiger partial charge in [-0.3, -0.25) is 4.98 Å². The lowest BCUT2D eigenvalue weighted by Crippen LogP contribution is -2.26. The first-order valence-corrected chi connectivity index (χ1v) is 8.88. The molecule has 0 radical (unpaired) electrons. The van der Waals surface area contributed by atoms with Gasteiger partial charge in [0.15, 0.2) is 0 Å². The summed E-state index contributed by atoms with van der Waals surface area (Å²) in [7, 11) is 0.707. The summed E-state index contributed by atoms with van der Waals surface area (Å²) in [5.41, 5.74) is 3.75. The smallest absolute Gasteiger partial charge is 0.213 e. The third-order valence-corrected chi connectivity index (χ3v) is 4.54. The van der Waals surface area contributed by atoms with Gasteiger partial charge in [0.25, 0.3) is 0 Å². The second kappa shape index (κ2) is 7.76. The standard InChI is InChI=1S/C23H17BN2O/c25-16-17-11-13-20(14-12-17)24-23(19-6-2-1-3-7-19)27-21-10-4-8-18-9-5-15-26-22(18)21/h1-15,23-24H. The molecule has 27 heavy (non-hydrogen) atoms. The van der Waals surface area contributed by atoms with Crippen LogP contribution < -0.4 is 10.2 Å². The van der Waals surface area contributed by atoms with Gasteiger partial charge in [-0.15, -0.1) is 0 Å². The van der Waals surface area contributed by atoms with Crippen molar-refractivity contribution in [1.82, 2.24) is 4.98 Å². The van der Waals surface area contributed by atoms with Crippen LogP contribution in [0.3, 0.4) is 0 Å². The van der Waals surface area contributed by atoms with Crippen LogP contribution in [0.15, 0.2) is 91.1 Å². The van der Waals surface area contributed by atoms with Crippen molar-refractivity contribution in [2.75, 3.05) is 0 Å². The molecular formula is C23H17BN2O. The maximum Gasteiger partial charge on any atom is 0.213 e. The number of ether oxygens (including phenoxy) is 1. The van der Waals surface area contributed by atoms with Crippen LogP contribution >= 0.6 is 0 Å². The highest BCUT2D eigenvalue weighted by Crippen LogP contribution is 2.27. The number of aromatic nitrogens is 1. The molecule has 0 N–H and O–H groups in total. The van der Waals surface area contributed by atoms with Gasteiger partial charge in [0.05, 0.1) is 17.6 Å². The van der Waals surface area contributed by atoms with Crippen molar-refractivity contribution in [3.8, 4) is 11.8 Å². The zero-order chi connectivity index (χ0) is 18.5. The predicted molar refractivity (Wildman–Crippen MR) is 109 cm³/mol. The van der Waals surface area contributed by atoms with Crippen molar-refractivity contribution in [2.24, 2.45) is 0 Å². The van der Waals surface area contributed by atoms with Crippen LogP contribution in [0, 0.1) is 11.3 Å². The Morgan fingerprint density at radius 2 is 1.63 bits per heavy atom. The molecule has 0 saturated carbocycles. The van der Waals surface area contributed by atoms with Gasteiger partial charge in [-0.25, -0.2) is 0 Å². The van der Waals surface area contributed by atoms with Crippen LogP contribution in [0.25, 0.3) is 10.9 Å². The molecule has 0 spiro atoms. The summed E-state index contributed by atoms with van der Waals surface area (Å²) in [5, 5.41) is 10.1. The predicted octanol–water partition coefficient (Wildman–Crippen LogP) is 3.95. The number of nitrogens with zero attached hydrogens (tertiary/aromatic N) is 2. The van der Waals surface area contributed by atoms with Gasteiger partial charge in [-0.05, 0) is 29.8 Å². The Bertz CT molecular complexity index is 1080. The van der Waals surface area contributed by atoms with E-state index < -0.39 is 0 Å². The summed E-state index contributed by atoms with van der Waals surface area (Å²) in [6.07, 6.45) is 1.79. The molecule has 0 saturated heterocycles. The van der Waals surface area contributed by atoms with Crippen LogP contribution in [-0.4, -0.2) is 12.3 Å². The van der Waals surface area contributed by atoms with Crippen molar-refractivity contribution in [3.05, 3.63) is 102 Å². The third-order valence-electron chi connectivity index (χ3n) is 4.54. The number of para-hydroxylation sites is 1. The van der Waals surface area contributed by atoms with E-state index in [2.05, 4.69) is 23.2 Å². The van der Waals surface area contributed by atoms with Crippen molar-refractivity contribution < 1.29 is 4.74 Å². The first-order valence-electron chi connectivity index (χ1n) is 8.88. The van der Waals surface area contributed by atoms with E-state index in [0.29, 0.717) is 12.8 Å². The fourth-order valence-corrected chi connectivity index (χ4v) is 3.15. The summed E-state index contributed by atoms with van der Waals surface area (Å²) in [6, 6.07) is 29.8. The lowest BCUT2D eigenvalue weighted by molar-refractivity contribution is 0.288. The Balaban J connectivity index is 1.68. The van der Waals surface area contributed by atoms with Gasteiger partial charge in [-0.2, -0.15) is 5.26 Å². The largest absolute Gasteiger partial charge is 0.492 e. The average molecular weight is 348 g/mol. The van der Waals surface area contributed by atoms with E-state index >= 15 is 0 Å². The highest BCUT2D eigenvalue weighted by atomic mass is 16.5. The monoisotopic (exact) mass is 348 g/mol. The molecule has 4 rings (SSSR count). The zero-order valence-corrected chi connectivity index (χ0v) is 14.7. The van der Waals surface area contributed by atoms with Crippen molar-refractivity contribution in [1.29, 1.82) is 5.26 Å². The summed E-state index contributed by atoms with van der Waals surface area (Å²) in [5.74, 6) is 0.774. The molecule has 3 nitrogen and oxygen atoms in total. The molecule has 0 amide bonds. The van der Waals surface area contributed by atoms with Gasteiger partial charge >= 0.3 is 0 Å². The molecule has 0 aliphatic heterocycles. The van der Waals surface area contributed by atoms with E-state index in [1.165, 1.54) is 0 Å². The lowest BCUT2D eigenvalue weighted by atomic mass is 9.62. The Morgan fingerprint density at radius 1 is 0.852 bits per heavy atom. The first-order chi connectivity index (χ1) is 13.3. The van der Waals surface area contributed by atoms with Gasteiger partial charge in [0.2, 0.25) is 7.28 Å². The Labute approximate surface area is 159 Å². The fourth-order valence-electron chi connectivity index (χ4n) is 3.15. The van der Waals surface area contributed by atoms with E-state index in [1.54, 1.807) is 6.20 Å². The molecule has 3 aromatic carbocycles. The van der Waals surface area contributed by atoms with Crippen LogP contribution in [0.4, 0.5) is 0 Å². The normalized spacial score (nSPS) is 11.5. The van der Waals surface area contributed by atoms with Crippen LogP contribution in [0.5, 0.6) is 5.75 Å². The highest BCUT2D eigenvalue weighted by molar-refractivity contribution is 6.54. The Hall–Kier alpha value is -3.58. The van der Waals surface area contributed by atoms with E-state index in [4.69, 9.17) is 10.00 Å². The van der Waals surface area contributed by atoms with Gasteiger partial charge < -0.3 is 4.74 Å². The van der Waals surface area contributed by atoms with E-state index in [-0.39, 0.29) is 6.00 Å². The minimum atomic E-state index is -0.147. The van der Waals surface area contributed by atoms with Crippen molar-refractivity contribution >= 4 is 23.6 Å². The quantitative estimate of drug-likeness (QED) is 0.513. The topological polar surface area (TPSA) is 45.9 Å². The molecule has 1 heterocycles. The van der Waals surface area contributed by atoms with Crippen molar-refractivity contribution in [2.45, 2.75) is 6.00 Å². The minimum absolute atomic E-state index is 0.147. The summed E-state index contributed by atoms with van der Waals surface area (Å²) >= 11 is 0. The minimum Gasteiger partial charge on any atom is -0.492 e. The second-order valence-corrected chi connectivity index (χ2v) is 6.36. The molecule has 1 unspecified atom stereocenters. The molecule has 4 aromatic rings. The molecule has 1 atom stereocenters. The number of benzene rings is 3. The number of pyridine rings is 1. The number of nitriles is 1. The number of rotatable bonds is 5. The van der Waals surface area contributed by atoms with Crippen LogP contribution in [0.1, 0.15) is 17.1 Å². The third kappa shape index (κ3) is 3.83. The number of hydrogen-bond acceptors (Lipinski definition) is 3. The van der Waals surface area contributed by atoms with Crippen LogP contribution in [0.2, 0.25) is 0 Å². The van der Waals surface area contributed by atoms with Crippen molar-refractivity contribution in [3.63, 3.8) is 0 Å². The molecule has 0 fully saturated rings. The maximum atomic E-state index is 9.00. The maximum absolute atomic E-state index is 9.00. The molecule has 0 aliphatic carbocycles. The van der Waals surface area contributed by atoms with E-state index in [9.17, 15) is 0 Å². The number of fused-ring (bicyclic) bond motifs is 1. The average Bonchev–Trinajstić information content (AvgIpc) is 2.74. The highest BCUT2D eigenvalue weighted by Gasteiger charge is 2.17. The molecule has 1 aromatic heterocycles. The molecule has 128 valence electrons. The lowest BCUT2D eigenvalue weighted by Gasteiger charge is -2.20. The fraction of sp³-hybridized carbons (Fsp3) is 0.0435. The van der Waals surface area contributed by atoms with Crippen LogP contribution in [-0.2, 0) is 0 Å². The summed E-state index contributed by atoms with van der Waals surface area (Å²) in [4.78, 5) is 4.50. The molecular weight excluding hydrogens is 331 g/mol. The molecule has 0 bridgehead atoms. The molecule has 0 aliphatic rings. The van der Waals surface area contributed by atoms with Gasteiger partial charge in [-0.1, -0.05) is 66.1 Å².